The van der Waals surface area contributed by atoms with Gasteiger partial charge in [0.1, 0.15) is 0 Å². The average Bonchev–Trinajstić information content (AvgIpc) is 2.48. The van der Waals surface area contributed by atoms with Crippen molar-refractivity contribution in [2.75, 3.05) is 11.4 Å². The lowest BCUT2D eigenvalue weighted by Crippen LogP contribution is -2.17. The molecule has 2 aromatic rings. The third-order valence-corrected chi connectivity index (χ3v) is 3.84. The van der Waals surface area contributed by atoms with E-state index in [-0.39, 0.29) is 10.9 Å². The second kappa shape index (κ2) is 6.52. The molecular formula is C16H15BrF3N. The van der Waals surface area contributed by atoms with E-state index in [9.17, 15) is 13.2 Å². The highest BCUT2D eigenvalue weighted by molar-refractivity contribution is 9.08. The molecule has 2 aromatic carbocycles. The van der Waals surface area contributed by atoms with Crippen molar-refractivity contribution < 1.29 is 13.2 Å². The fourth-order valence-electron chi connectivity index (χ4n) is 2.23. The second-order valence-corrected chi connectivity index (χ2v) is 5.11. The average molecular weight is 358 g/mol. The fourth-order valence-corrected chi connectivity index (χ4v) is 2.72. The van der Waals surface area contributed by atoms with Crippen molar-refractivity contribution in [3.05, 3.63) is 59.7 Å². The third-order valence-electron chi connectivity index (χ3n) is 3.24. The standard InChI is InChI=1S/C16H15BrF3N/c1-2-21(13-6-4-3-5-7-13)14-9-8-12(11-17)15(10-14)16(18,19)20/h3-10H,2,11H2,1H3. The molecule has 0 fully saturated rings. The topological polar surface area (TPSA) is 3.24 Å². The molecule has 0 saturated carbocycles. The minimum Gasteiger partial charge on any atom is -0.342 e. The highest BCUT2D eigenvalue weighted by Crippen LogP contribution is 2.36. The number of hydrogen-bond donors (Lipinski definition) is 0. The molecule has 0 bridgehead atoms. The first kappa shape index (κ1) is 15.9. The Morgan fingerprint density at radius 2 is 1.67 bits per heavy atom. The van der Waals surface area contributed by atoms with E-state index < -0.39 is 11.7 Å². The SMILES string of the molecule is CCN(c1ccccc1)c1ccc(CBr)c(C(F)(F)F)c1. The molecule has 0 spiro atoms. The van der Waals surface area contributed by atoms with Gasteiger partial charge >= 0.3 is 6.18 Å². The highest BCUT2D eigenvalue weighted by atomic mass is 79.9. The molecule has 0 atom stereocenters. The van der Waals surface area contributed by atoms with E-state index in [1.807, 2.05) is 42.2 Å². The maximum absolute atomic E-state index is 13.1. The van der Waals surface area contributed by atoms with Crippen molar-refractivity contribution in [3.63, 3.8) is 0 Å². The predicted molar refractivity (Wildman–Crippen MR) is 83.2 cm³/mol. The highest BCUT2D eigenvalue weighted by Gasteiger charge is 2.33. The summed E-state index contributed by atoms with van der Waals surface area (Å²) in [4.78, 5) is 1.85. The van der Waals surface area contributed by atoms with Crippen molar-refractivity contribution in [2.45, 2.75) is 18.4 Å². The van der Waals surface area contributed by atoms with E-state index in [0.29, 0.717) is 12.2 Å². The van der Waals surface area contributed by atoms with Crippen LogP contribution in [0.3, 0.4) is 0 Å². The molecule has 112 valence electrons. The number of rotatable bonds is 4. The number of alkyl halides is 4. The van der Waals surface area contributed by atoms with Gasteiger partial charge in [0.15, 0.2) is 0 Å². The summed E-state index contributed by atoms with van der Waals surface area (Å²) in [5.41, 5.74) is 1.07. The van der Waals surface area contributed by atoms with Gasteiger partial charge in [-0.3, -0.25) is 0 Å². The van der Waals surface area contributed by atoms with Gasteiger partial charge in [-0.1, -0.05) is 40.2 Å². The number of hydrogen-bond acceptors (Lipinski definition) is 1. The number of anilines is 2. The van der Waals surface area contributed by atoms with E-state index in [0.717, 1.165) is 5.69 Å². The monoisotopic (exact) mass is 357 g/mol. The summed E-state index contributed by atoms with van der Waals surface area (Å²) in [5, 5.41) is 0.180. The Kier molecular flexibility index (Phi) is 4.93. The van der Waals surface area contributed by atoms with Crippen molar-refractivity contribution in [1.29, 1.82) is 0 Å². The van der Waals surface area contributed by atoms with Crippen molar-refractivity contribution in [3.8, 4) is 0 Å². The molecule has 0 N–H and O–H groups in total. The van der Waals surface area contributed by atoms with Crippen molar-refractivity contribution in [1.82, 2.24) is 0 Å². The Bertz CT molecular complexity index is 596. The van der Waals surface area contributed by atoms with Gasteiger partial charge in [0, 0.05) is 23.2 Å². The molecule has 0 aliphatic rings. The zero-order valence-corrected chi connectivity index (χ0v) is 13.1. The van der Waals surface area contributed by atoms with E-state index in [1.54, 1.807) is 6.07 Å². The first-order valence-corrected chi connectivity index (χ1v) is 7.68. The van der Waals surface area contributed by atoms with E-state index in [2.05, 4.69) is 15.9 Å². The Morgan fingerprint density at radius 1 is 1.00 bits per heavy atom. The van der Waals surface area contributed by atoms with Gasteiger partial charge in [-0.05, 0) is 36.8 Å². The van der Waals surface area contributed by atoms with E-state index in [4.69, 9.17) is 0 Å². The molecule has 0 amide bonds. The molecule has 0 aliphatic carbocycles. The molecule has 0 unspecified atom stereocenters. The van der Waals surface area contributed by atoms with Crippen LogP contribution < -0.4 is 4.90 Å². The Morgan fingerprint density at radius 3 is 2.19 bits per heavy atom. The second-order valence-electron chi connectivity index (χ2n) is 4.55. The third kappa shape index (κ3) is 3.59. The maximum Gasteiger partial charge on any atom is 0.416 e. The van der Waals surface area contributed by atoms with Gasteiger partial charge in [-0.25, -0.2) is 0 Å². The molecule has 0 heterocycles. The van der Waals surface area contributed by atoms with Crippen LogP contribution in [0.2, 0.25) is 0 Å². The minimum absolute atomic E-state index is 0.180. The summed E-state index contributed by atoms with van der Waals surface area (Å²) in [7, 11) is 0. The van der Waals surface area contributed by atoms with E-state index in [1.165, 1.54) is 12.1 Å². The molecule has 0 aliphatic heterocycles. The van der Waals surface area contributed by atoms with Crippen LogP contribution in [0, 0.1) is 0 Å². The summed E-state index contributed by atoms with van der Waals surface area (Å²) < 4.78 is 39.4. The zero-order chi connectivity index (χ0) is 15.5. The van der Waals surface area contributed by atoms with E-state index >= 15 is 0 Å². The van der Waals surface area contributed by atoms with Crippen LogP contribution in [-0.4, -0.2) is 6.54 Å². The molecule has 1 nitrogen and oxygen atoms in total. The maximum atomic E-state index is 13.1. The normalized spacial score (nSPS) is 11.5. The number of halogens is 4. The first-order valence-electron chi connectivity index (χ1n) is 6.56. The van der Waals surface area contributed by atoms with Gasteiger partial charge in [0.05, 0.1) is 5.56 Å². The lowest BCUT2D eigenvalue weighted by Gasteiger charge is -2.25. The van der Waals surface area contributed by atoms with Gasteiger partial charge < -0.3 is 4.90 Å². The van der Waals surface area contributed by atoms with Crippen LogP contribution in [0.5, 0.6) is 0 Å². The summed E-state index contributed by atoms with van der Waals surface area (Å²) in [5.74, 6) is 0. The van der Waals surface area contributed by atoms with Gasteiger partial charge in [0.2, 0.25) is 0 Å². The fraction of sp³-hybridized carbons (Fsp3) is 0.250. The summed E-state index contributed by atoms with van der Waals surface area (Å²) in [6, 6.07) is 13.9. The molecular weight excluding hydrogens is 343 g/mol. The van der Waals surface area contributed by atoms with Crippen LogP contribution in [0.1, 0.15) is 18.1 Å². The minimum atomic E-state index is -4.35. The lowest BCUT2D eigenvalue weighted by molar-refractivity contribution is -0.138. The van der Waals surface area contributed by atoms with Crippen LogP contribution in [-0.2, 0) is 11.5 Å². The molecule has 0 saturated heterocycles. The zero-order valence-electron chi connectivity index (χ0n) is 11.5. The Labute approximate surface area is 130 Å². The largest absolute Gasteiger partial charge is 0.416 e. The van der Waals surface area contributed by atoms with Gasteiger partial charge in [-0.2, -0.15) is 13.2 Å². The Hall–Kier alpha value is -1.49. The smallest absolute Gasteiger partial charge is 0.342 e. The molecule has 0 radical (unpaired) electrons. The van der Waals surface area contributed by atoms with Gasteiger partial charge in [0.25, 0.3) is 0 Å². The number of para-hydroxylation sites is 1. The Balaban J connectivity index is 2.48. The number of nitrogens with zero attached hydrogens (tertiary/aromatic N) is 1. The first-order chi connectivity index (χ1) is 9.97. The van der Waals surface area contributed by atoms with Crippen LogP contribution in [0.25, 0.3) is 0 Å². The van der Waals surface area contributed by atoms with Gasteiger partial charge in [-0.15, -0.1) is 0 Å². The molecule has 2 rings (SSSR count). The lowest BCUT2D eigenvalue weighted by atomic mass is 10.1. The van der Waals surface area contributed by atoms with Crippen LogP contribution in [0.4, 0.5) is 24.5 Å². The van der Waals surface area contributed by atoms with Crippen LogP contribution in [0.15, 0.2) is 48.5 Å². The molecule has 0 aromatic heterocycles. The van der Waals surface area contributed by atoms with Crippen molar-refractivity contribution in [2.24, 2.45) is 0 Å². The summed E-state index contributed by atoms with van der Waals surface area (Å²) >= 11 is 3.11. The quantitative estimate of drug-likeness (QED) is 0.629. The molecule has 21 heavy (non-hydrogen) atoms. The summed E-state index contributed by atoms with van der Waals surface area (Å²) in [6.45, 7) is 2.51. The number of benzene rings is 2. The molecule has 5 heteroatoms. The predicted octanol–water partition coefficient (Wildman–Crippen LogP) is 5.76. The van der Waals surface area contributed by atoms with Crippen molar-refractivity contribution >= 4 is 27.3 Å². The summed E-state index contributed by atoms with van der Waals surface area (Å²) in [6.07, 6.45) is -4.35. The van der Waals surface area contributed by atoms with Crippen LogP contribution >= 0.6 is 15.9 Å².